The highest BCUT2D eigenvalue weighted by Gasteiger charge is 2.35. The monoisotopic (exact) mass is 238 g/mol. The average molecular weight is 238 g/mol. The van der Waals surface area contributed by atoms with Gasteiger partial charge in [-0.25, -0.2) is 0 Å². The third-order valence-electron chi connectivity index (χ3n) is 3.23. The third kappa shape index (κ3) is 1.65. The molecule has 3 rings (SSSR count). The maximum absolute atomic E-state index is 11.0. The van der Waals surface area contributed by atoms with Gasteiger partial charge in [-0.15, -0.1) is 16.4 Å². The fraction of sp³-hybridized carbons (Fsp3) is 0.545. The molecule has 2 atom stereocenters. The molecule has 0 saturated carbocycles. The van der Waals surface area contributed by atoms with Gasteiger partial charge < -0.3 is 14.9 Å². The minimum absolute atomic E-state index is 0.0959. The average Bonchev–Trinajstić information content (AvgIpc) is 2.89. The molecule has 1 saturated heterocycles. The summed E-state index contributed by atoms with van der Waals surface area (Å²) in [5.41, 5.74) is 1.24. The van der Waals surface area contributed by atoms with Crippen molar-refractivity contribution >= 4 is 17.6 Å². The number of aldehydes is 1. The fourth-order valence-electron chi connectivity index (χ4n) is 2.38. The molecule has 5 heteroatoms. The van der Waals surface area contributed by atoms with Crippen LogP contribution >= 0.6 is 11.3 Å². The predicted molar refractivity (Wildman–Crippen MR) is 61.4 cm³/mol. The Morgan fingerprint density at radius 3 is 3.31 bits per heavy atom. The maximum atomic E-state index is 11.0. The zero-order chi connectivity index (χ0) is 11.0. The molecule has 2 aliphatic rings. The van der Waals surface area contributed by atoms with Crippen LogP contribution in [0.5, 0.6) is 5.75 Å². The van der Waals surface area contributed by atoms with E-state index in [1.54, 1.807) is 11.3 Å². The number of thiophene rings is 1. The molecule has 2 aliphatic heterocycles. The molecule has 4 nitrogen and oxygen atoms in total. The van der Waals surface area contributed by atoms with Gasteiger partial charge in [0.1, 0.15) is 6.29 Å². The summed E-state index contributed by atoms with van der Waals surface area (Å²) in [7, 11) is 0. The van der Waals surface area contributed by atoms with Gasteiger partial charge in [0.05, 0.1) is 18.6 Å². The molecule has 0 aromatic carbocycles. The number of nitrogens with one attached hydrogen (secondary N) is 1. The quantitative estimate of drug-likeness (QED) is 0.786. The summed E-state index contributed by atoms with van der Waals surface area (Å²) in [6, 6.07) is 0.0741. The lowest BCUT2D eigenvalue weighted by Crippen LogP contribution is -2.54. The van der Waals surface area contributed by atoms with E-state index in [1.165, 1.54) is 5.56 Å². The molecule has 2 unspecified atom stereocenters. The van der Waals surface area contributed by atoms with Crippen molar-refractivity contribution in [1.82, 2.24) is 10.4 Å². The molecule has 0 radical (unpaired) electrons. The second-order valence-electron chi connectivity index (χ2n) is 4.25. The van der Waals surface area contributed by atoms with Gasteiger partial charge in [-0.1, -0.05) is 0 Å². The second-order valence-corrected chi connectivity index (χ2v) is 5.00. The lowest BCUT2D eigenvalue weighted by atomic mass is 9.99. The number of fused-ring (bicyclic) bond motifs is 1. The Morgan fingerprint density at radius 2 is 2.50 bits per heavy atom. The van der Waals surface area contributed by atoms with Gasteiger partial charge in [0.2, 0.25) is 0 Å². The molecule has 0 amide bonds. The van der Waals surface area contributed by atoms with E-state index < -0.39 is 0 Å². The zero-order valence-corrected chi connectivity index (χ0v) is 9.70. The molecule has 86 valence electrons. The summed E-state index contributed by atoms with van der Waals surface area (Å²) < 4.78 is 0. The number of nitrogens with zero attached hydrogens (tertiary/aromatic N) is 1. The summed E-state index contributed by atoms with van der Waals surface area (Å²) in [4.78, 5) is 16.8. The minimum Gasteiger partial charge on any atom is -0.404 e. The van der Waals surface area contributed by atoms with Gasteiger partial charge >= 0.3 is 0 Å². The Morgan fingerprint density at radius 1 is 1.56 bits per heavy atom. The largest absolute Gasteiger partial charge is 0.404 e. The first-order chi connectivity index (χ1) is 7.88. The molecular weight excluding hydrogens is 224 g/mol. The van der Waals surface area contributed by atoms with Gasteiger partial charge in [0.25, 0.3) is 0 Å². The van der Waals surface area contributed by atoms with E-state index in [1.807, 2.05) is 10.4 Å². The molecule has 0 spiro atoms. The van der Waals surface area contributed by atoms with Crippen LogP contribution in [0.3, 0.4) is 0 Å². The number of rotatable bonds is 2. The van der Waals surface area contributed by atoms with Crippen LogP contribution in [0.4, 0.5) is 0 Å². The summed E-state index contributed by atoms with van der Waals surface area (Å²) in [6.07, 6.45) is 3.12. The molecule has 0 aliphatic carbocycles. The van der Waals surface area contributed by atoms with Gasteiger partial charge in [0, 0.05) is 10.9 Å². The van der Waals surface area contributed by atoms with E-state index in [-0.39, 0.29) is 12.1 Å². The van der Waals surface area contributed by atoms with Crippen molar-refractivity contribution in [3.63, 3.8) is 0 Å². The van der Waals surface area contributed by atoms with Crippen molar-refractivity contribution in [2.24, 2.45) is 0 Å². The summed E-state index contributed by atoms with van der Waals surface area (Å²) in [5.74, 6) is 0.959. The molecule has 16 heavy (non-hydrogen) atoms. The first-order valence-electron chi connectivity index (χ1n) is 5.57. The minimum atomic E-state index is -0.0959. The van der Waals surface area contributed by atoms with Crippen LogP contribution in [0.25, 0.3) is 0 Å². The Balaban J connectivity index is 1.74. The van der Waals surface area contributed by atoms with Crippen molar-refractivity contribution in [1.29, 1.82) is 0 Å². The summed E-state index contributed by atoms with van der Waals surface area (Å²) in [6.45, 7) is 1.73. The van der Waals surface area contributed by atoms with Crippen LogP contribution in [-0.4, -0.2) is 30.0 Å². The van der Waals surface area contributed by atoms with Crippen LogP contribution in [0.1, 0.15) is 18.4 Å². The number of hydrogen-bond donors (Lipinski definition) is 1. The number of hydroxylamine groups is 2. The molecule has 1 N–H and O–H groups in total. The number of piperidine rings is 1. The normalized spacial score (nSPS) is 29.8. The standard InChI is InChI=1S/C11H14N2O2S/c14-5-9-10(2-1-3-12-9)13-4-8-6-16-7-11(8)15-13/h5-7,9-10,12H,1-4H2. The van der Waals surface area contributed by atoms with E-state index >= 15 is 0 Å². The predicted octanol–water partition coefficient (Wildman–Crippen LogP) is 1.18. The molecule has 3 heterocycles. The molecule has 0 bridgehead atoms. The lowest BCUT2D eigenvalue weighted by Gasteiger charge is -2.34. The van der Waals surface area contributed by atoms with Crippen molar-refractivity contribution in [3.05, 3.63) is 16.3 Å². The van der Waals surface area contributed by atoms with E-state index in [0.717, 1.165) is 38.0 Å². The zero-order valence-electron chi connectivity index (χ0n) is 8.89. The van der Waals surface area contributed by atoms with Crippen molar-refractivity contribution < 1.29 is 9.63 Å². The SMILES string of the molecule is O=CC1NCCCC1N1Cc2cscc2O1. The molecular formula is C11H14N2O2S. The highest BCUT2D eigenvalue weighted by atomic mass is 32.1. The first-order valence-corrected chi connectivity index (χ1v) is 6.51. The van der Waals surface area contributed by atoms with Crippen LogP contribution in [0, 0.1) is 0 Å². The second kappa shape index (κ2) is 4.16. The van der Waals surface area contributed by atoms with Gasteiger partial charge in [-0.3, -0.25) is 0 Å². The van der Waals surface area contributed by atoms with E-state index in [2.05, 4.69) is 10.7 Å². The molecule has 1 aromatic heterocycles. The molecule has 1 fully saturated rings. The third-order valence-corrected chi connectivity index (χ3v) is 4.00. The number of carbonyl (C=O) groups excluding carboxylic acids is 1. The van der Waals surface area contributed by atoms with Crippen LogP contribution in [-0.2, 0) is 11.3 Å². The summed E-state index contributed by atoms with van der Waals surface area (Å²) in [5, 5.41) is 9.30. The van der Waals surface area contributed by atoms with Crippen LogP contribution in [0.2, 0.25) is 0 Å². The van der Waals surface area contributed by atoms with Crippen molar-refractivity contribution in [3.8, 4) is 5.75 Å². The van der Waals surface area contributed by atoms with Gasteiger partial charge in [-0.05, 0) is 24.8 Å². The van der Waals surface area contributed by atoms with Gasteiger partial charge in [0.15, 0.2) is 5.75 Å². The number of hydrogen-bond acceptors (Lipinski definition) is 5. The van der Waals surface area contributed by atoms with E-state index in [9.17, 15) is 4.79 Å². The number of carbonyl (C=O) groups is 1. The fourth-order valence-corrected chi connectivity index (χ4v) is 3.12. The Bertz CT molecular complexity index is 373. The highest BCUT2D eigenvalue weighted by molar-refractivity contribution is 7.08. The van der Waals surface area contributed by atoms with Crippen molar-refractivity contribution in [2.45, 2.75) is 31.5 Å². The smallest absolute Gasteiger partial charge is 0.162 e. The van der Waals surface area contributed by atoms with Crippen LogP contribution < -0.4 is 10.2 Å². The highest BCUT2D eigenvalue weighted by Crippen LogP contribution is 2.34. The topological polar surface area (TPSA) is 41.6 Å². The van der Waals surface area contributed by atoms with Crippen LogP contribution in [0.15, 0.2) is 10.8 Å². The van der Waals surface area contributed by atoms with Crippen molar-refractivity contribution in [2.75, 3.05) is 6.54 Å². The van der Waals surface area contributed by atoms with E-state index in [4.69, 9.17) is 4.84 Å². The molecule has 1 aromatic rings. The maximum Gasteiger partial charge on any atom is 0.162 e. The first kappa shape index (κ1) is 10.3. The Hall–Kier alpha value is -0.910. The van der Waals surface area contributed by atoms with E-state index in [0.29, 0.717) is 0 Å². The lowest BCUT2D eigenvalue weighted by molar-refractivity contribution is -0.124. The summed E-state index contributed by atoms with van der Waals surface area (Å²) >= 11 is 1.66. The van der Waals surface area contributed by atoms with Gasteiger partial charge in [-0.2, -0.15) is 0 Å². The Labute approximate surface area is 98.2 Å². The Kier molecular flexibility index (Phi) is 2.67.